The first-order valence-corrected chi connectivity index (χ1v) is 7.64. The Morgan fingerprint density at radius 3 is 2.94 bits per heavy atom. The van der Waals surface area contributed by atoms with Crippen LogP contribution in [0.4, 0.5) is 0 Å². The van der Waals surface area contributed by atoms with Gasteiger partial charge in [-0.05, 0) is 44.8 Å². The van der Waals surface area contributed by atoms with Crippen molar-refractivity contribution in [2.24, 2.45) is 5.73 Å². The highest BCUT2D eigenvalue weighted by atomic mass is 79.9. The van der Waals surface area contributed by atoms with Crippen molar-refractivity contribution in [2.45, 2.75) is 13.0 Å². The van der Waals surface area contributed by atoms with Crippen LogP contribution in [0, 0.1) is 0 Å². The van der Waals surface area contributed by atoms with Crippen LogP contribution in [-0.4, -0.2) is 23.4 Å². The van der Waals surface area contributed by atoms with Crippen LogP contribution in [0.5, 0.6) is 0 Å². The largest absolute Gasteiger partial charge is 0.380 e. The second-order valence-electron chi connectivity index (χ2n) is 3.46. The number of hydrogen-bond donors (Lipinski definition) is 1. The molecule has 0 bridgehead atoms. The van der Waals surface area contributed by atoms with Crippen LogP contribution in [0.25, 0.3) is 11.5 Å². The molecule has 2 rings (SSSR count). The fourth-order valence-electron chi connectivity index (χ4n) is 1.30. The smallest absolute Gasteiger partial charge is 0.260 e. The highest BCUT2D eigenvalue weighted by Crippen LogP contribution is 2.37. The maximum atomic E-state index is 5.89. The molecule has 0 saturated heterocycles. The van der Waals surface area contributed by atoms with Crippen molar-refractivity contribution in [3.05, 3.63) is 19.5 Å². The van der Waals surface area contributed by atoms with E-state index >= 15 is 0 Å². The lowest BCUT2D eigenvalue weighted by atomic mass is 10.3. The number of nitrogens with two attached hydrogens (primary N) is 1. The quantitative estimate of drug-likeness (QED) is 0.838. The lowest BCUT2D eigenvalue weighted by molar-refractivity contribution is 0.130. The van der Waals surface area contributed by atoms with Gasteiger partial charge in [0, 0.05) is 6.61 Å². The average Bonchev–Trinajstić information content (AvgIpc) is 2.92. The zero-order chi connectivity index (χ0) is 13.1. The Morgan fingerprint density at radius 2 is 2.33 bits per heavy atom. The minimum atomic E-state index is -0.372. The average molecular weight is 397 g/mol. The number of hydrogen-bond acceptors (Lipinski definition) is 6. The highest BCUT2D eigenvalue weighted by molar-refractivity contribution is 9.12. The Hall–Kier alpha value is -0.280. The van der Waals surface area contributed by atoms with Crippen LogP contribution in [-0.2, 0) is 4.74 Å². The summed E-state index contributed by atoms with van der Waals surface area (Å²) >= 11 is 8.40. The van der Waals surface area contributed by atoms with Crippen LogP contribution in [0.1, 0.15) is 18.8 Å². The van der Waals surface area contributed by atoms with E-state index in [0.717, 1.165) is 13.1 Å². The molecule has 0 spiro atoms. The topological polar surface area (TPSA) is 74.2 Å². The Morgan fingerprint density at radius 1 is 1.56 bits per heavy atom. The molecule has 8 heteroatoms. The van der Waals surface area contributed by atoms with Gasteiger partial charge in [0.1, 0.15) is 0 Å². The third kappa shape index (κ3) is 3.18. The Bertz CT molecular complexity index is 529. The lowest BCUT2D eigenvalue weighted by Crippen LogP contribution is -2.18. The Kier molecular flexibility index (Phi) is 4.91. The molecule has 1 unspecified atom stereocenters. The summed E-state index contributed by atoms with van der Waals surface area (Å²) in [6.45, 7) is 2.90. The van der Waals surface area contributed by atoms with E-state index in [1.807, 2.05) is 13.0 Å². The van der Waals surface area contributed by atoms with Gasteiger partial charge < -0.3 is 15.0 Å². The van der Waals surface area contributed by atoms with Crippen LogP contribution in [0.3, 0.4) is 0 Å². The maximum Gasteiger partial charge on any atom is 0.260 e. The molecule has 2 heterocycles. The van der Waals surface area contributed by atoms with Gasteiger partial charge in [0.05, 0.1) is 25.8 Å². The molecule has 0 fully saturated rings. The van der Waals surface area contributed by atoms with E-state index in [1.165, 1.54) is 0 Å². The van der Waals surface area contributed by atoms with Crippen molar-refractivity contribution in [1.29, 1.82) is 0 Å². The fraction of sp³-hybridized carbons (Fsp3) is 0.400. The van der Waals surface area contributed by atoms with Gasteiger partial charge in [0.2, 0.25) is 0 Å². The van der Waals surface area contributed by atoms with Crippen molar-refractivity contribution < 1.29 is 9.26 Å². The first-order valence-electron chi connectivity index (χ1n) is 5.24. The van der Waals surface area contributed by atoms with Gasteiger partial charge in [-0.2, -0.15) is 4.98 Å². The van der Waals surface area contributed by atoms with Crippen molar-refractivity contribution >= 4 is 43.2 Å². The van der Waals surface area contributed by atoms with E-state index in [2.05, 4.69) is 42.0 Å². The zero-order valence-corrected chi connectivity index (χ0v) is 13.5. The zero-order valence-electron chi connectivity index (χ0n) is 9.52. The molecule has 0 aliphatic heterocycles. The minimum Gasteiger partial charge on any atom is -0.380 e. The molecule has 1 atom stereocenters. The number of nitrogens with zero attached hydrogens (tertiary/aromatic N) is 2. The van der Waals surface area contributed by atoms with Crippen molar-refractivity contribution in [1.82, 2.24) is 10.1 Å². The van der Waals surface area contributed by atoms with E-state index in [9.17, 15) is 0 Å². The third-order valence-electron chi connectivity index (χ3n) is 2.16. The van der Waals surface area contributed by atoms with Gasteiger partial charge in [0.15, 0.2) is 5.82 Å². The molecule has 0 aliphatic rings. The van der Waals surface area contributed by atoms with Gasteiger partial charge in [-0.15, -0.1) is 11.3 Å². The molecule has 0 radical (unpaired) electrons. The predicted molar refractivity (Wildman–Crippen MR) is 76.4 cm³/mol. The normalized spacial score (nSPS) is 12.9. The molecule has 5 nitrogen and oxygen atoms in total. The molecule has 0 aromatic carbocycles. The predicted octanol–water partition coefficient (Wildman–Crippen LogP) is 3.36. The standard InChI is InChI=1S/C10H11Br2N3O2S/c1-2-16-4-6(13)9-14-10(17-15-9)5-3-7(11)18-8(5)12/h3,6H,2,4,13H2,1H3. The molecule has 2 N–H and O–H groups in total. The fourth-order valence-corrected chi connectivity index (χ4v) is 4.08. The summed E-state index contributed by atoms with van der Waals surface area (Å²) in [5.41, 5.74) is 6.74. The highest BCUT2D eigenvalue weighted by Gasteiger charge is 2.18. The Balaban J connectivity index is 2.17. The number of thiophene rings is 1. The van der Waals surface area contributed by atoms with E-state index in [4.69, 9.17) is 15.0 Å². The molecular weight excluding hydrogens is 386 g/mol. The summed E-state index contributed by atoms with van der Waals surface area (Å²) in [5.74, 6) is 0.901. The van der Waals surface area contributed by atoms with Crippen molar-refractivity contribution in [3.8, 4) is 11.5 Å². The minimum absolute atomic E-state index is 0.372. The summed E-state index contributed by atoms with van der Waals surface area (Å²) < 4.78 is 12.4. The van der Waals surface area contributed by atoms with E-state index < -0.39 is 0 Å². The second kappa shape index (κ2) is 6.25. The number of rotatable bonds is 5. The van der Waals surface area contributed by atoms with Gasteiger partial charge >= 0.3 is 0 Å². The van der Waals surface area contributed by atoms with Gasteiger partial charge in [-0.1, -0.05) is 5.16 Å². The van der Waals surface area contributed by atoms with Crippen LogP contribution < -0.4 is 5.73 Å². The molecule has 2 aromatic rings. The molecule has 0 saturated carbocycles. The summed E-state index contributed by atoms with van der Waals surface area (Å²) in [4.78, 5) is 4.28. The molecule has 0 aliphatic carbocycles. The second-order valence-corrected chi connectivity index (χ2v) is 7.21. The number of halogens is 2. The SMILES string of the molecule is CCOCC(N)c1noc(-c2cc(Br)sc2Br)n1. The first kappa shape index (κ1) is 14.1. The van der Waals surface area contributed by atoms with E-state index in [0.29, 0.717) is 24.9 Å². The molecular formula is C10H11Br2N3O2S. The van der Waals surface area contributed by atoms with Crippen molar-refractivity contribution in [3.63, 3.8) is 0 Å². The Labute approximate surface area is 125 Å². The van der Waals surface area contributed by atoms with Crippen molar-refractivity contribution in [2.75, 3.05) is 13.2 Å². The maximum absolute atomic E-state index is 5.89. The lowest BCUT2D eigenvalue weighted by Gasteiger charge is -2.05. The van der Waals surface area contributed by atoms with Gasteiger partial charge in [-0.25, -0.2) is 0 Å². The third-order valence-corrected chi connectivity index (χ3v) is 4.50. The van der Waals surface area contributed by atoms with E-state index in [-0.39, 0.29) is 6.04 Å². The molecule has 18 heavy (non-hydrogen) atoms. The monoisotopic (exact) mass is 395 g/mol. The summed E-state index contributed by atoms with van der Waals surface area (Å²) in [5, 5.41) is 3.87. The van der Waals surface area contributed by atoms with E-state index in [1.54, 1.807) is 11.3 Å². The molecule has 0 amide bonds. The summed E-state index contributed by atoms with van der Waals surface area (Å²) in [6, 6.07) is 1.54. The molecule has 2 aromatic heterocycles. The number of aromatic nitrogens is 2. The van der Waals surface area contributed by atoms with Gasteiger partial charge in [-0.3, -0.25) is 0 Å². The number of ether oxygens (including phenoxy) is 1. The summed E-state index contributed by atoms with van der Waals surface area (Å²) in [7, 11) is 0. The van der Waals surface area contributed by atoms with Crippen LogP contribution >= 0.6 is 43.2 Å². The summed E-state index contributed by atoms with van der Waals surface area (Å²) in [6.07, 6.45) is 0. The van der Waals surface area contributed by atoms with Crippen LogP contribution in [0.15, 0.2) is 18.2 Å². The van der Waals surface area contributed by atoms with Crippen LogP contribution in [0.2, 0.25) is 0 Å². The molecule has 98 valence electrons. The first-order chi connectivity index (χ1) is 8.61. The van der Waals surface area contributed by atoms with Gasteiger partial charge in [0.25, 0.3) is 5.89 Å².